The molecule has 0 aliphatic carbocycles. The lowest BCUT2D eigenvalue weighted by Crippen LogP contribution is -2.24. The summed E-state index contributed by atoms with van der Waals surface area (Å²) in [5.74, 6) is 3.65. The van der Waals surface area contributed by atoms with E-state index in [1.165, 1.54) is 32.1 Å². The molecule has 0 N–H and O–H groups in total. The number of hydrogen-bond acceptors (Lipinski definition) is 0. The maximum atomic E-state index is 2.47. The van der Waals surface area contributed by atoms with Crippen molar-refractivity contribution in [3.63, 3.8) is 0 Å². The molecule has 0 aromatic carbocycles. The van der Waals surface area contributed by atoms with E-state index in [0.717, 1.165) is 23.7 Å². The second kappa shape index (κ2) is 8.19. The van der Waals surface area contributed by atoms with E-state index in [1.807, 2.05) is 0 Å². The van der Waals surface area contributed by atoms with Crippen molar-refractivity contribution in [1.82, 2.24) is 0 Å². The molecule has 0 amide bonds. The van der Waals surface area contributed by atoms with Crippen molar-refractivity contribution < 1.29 is 0 Å². The summed E-state index contributed by atoms with van der Waals surface area (Å²) in [6.07, 6.45) is 6.85. The van der Waals surface area contributed by atoms with E-state index in [4.69, 9.17) is 0 Å². The van der Waals surface area contributed by atoms with Crippen LogP contribution in [-0.2, 0) is 0 Å². The van der Waals surface area contributed by atoms with Crippen LogP contribution in [0.5, 0.6) is 0 Å². The van der Waals surface area contributed by atoms with Crippen molar-refractivity contribution >= 4 is 0 Å². The third-order valence-corrected chi connectivity index (χ3v) is 4.31. The monoisotopic (exact) mass is 212 g/mol. The average Bonchev–Trinajstić information content (AvgIpc) is 2.24. The fourth-order valence-electron chi connectivity index (χ4n) is 2.86. The Morgan fingerprint density at radius 3 is 1.67 bits per heavy atom. The number of rotatable bonds is 8. The molecule has 0 aliphatic rings. The standard InChI is InChI=1S/C15H32/c1-7-10-13(5)15(11-8-2)14(6)12(4)9-3/h12-15H,7-11H2,1-6H3. The van der Waals surface area contributed by atoms with Crippen molar-refractivity contribution in [2.24, 2.45) is 23.7 Å². The van der Waals surface area contributed by atoms with Gasteiger partial charge in [-0.1, -0.05) is 73.6 Å². The van der Waals surface area contributed by atoms with E-state index in [1.54, 1.807) is 0 Å². The molecular weight excluding hydrogens is 180 g/mol. The lowest BCUT2D eigenvalue weighted by atomic mass is 9.73. The van der Waals surface area contributed by atoms with Gasteiger partial charge in [-0.25, -0.2) is 0 Å². The summed E-state index contributed by atoms with van der Waals surface area (Å²) >= 11 is 0. The summed E-state index contributed by atoms with van der Waals surface area (Å²) in [5, 5.41) is 0. The predicted molar refractivity (Wildman–Crippen MR) is 71.1 cm³/mol. The van der Waals surface area contributed by atoms with Crippen LogP contribution in [0, 0.1) is 23.7 Å². The Morgan fingerprint density at radius 1 is 0.733 bits per heavy atom. The Hall–Kier alpha value is 0. The Bertz CT molecular complexity index is 139. The molecule has 0 saturated carbocycles. The summed E-state index contributed by atoms with van der Waals surface area (Å²) < 4.78 is 0. The minimum Gasteiger partial charge on any atom is -0.0654 e. The van der Waals surface area contributed by atoms with Gasteiger partial charge >= 0.3 is 0 Å². The summed E-state index contributed by atoms with van der Waals surface area (Å²) in [5.41, 5.74) is 0. The van der Waals surface area contributed by atoms with Gasteiger partial charge in [0.25, 0.3) is 0 Å². The smallest absolute Gasteiger partial charge is 0.0360 e. The summed E-state index contributed by atoms with van der Waals surface area (Å²) in [6, 6.07) is 0. The maximum absolute atomic E-state index is 2.47. The molecule has 0 fully saturated rings. The molecule has 0 aromatic rings. The molecule has 92 valence electrons. The van der Waals surface area contributed by atoms with Crippen LogP contribution in [0.2, 0.25) is 0 Å². The predicted octanol–water partition coefficient (Wildman–Crippen LogP) is 5.52. The normalized spacial score (nSPS) is 19.6. The van der Waals surface area contributed by atoms with Gasteiger partial charge in [-0.3, -0.25) is 0 Å². The van der Waals surface area contributed by atoms with Gasteiger partial charge in [0.05, 0.1) is 0 Å². The molecule has 4 atom stereocenters. The first-order chi connectivity index (χ1) is 7.08. The van der Waals surface area contributed by atoms with Crippen LogP contribution in [0.15, 0.2) is 0 Å². The third kappa shape index (κ3) is 5.04. The Kier molecular flexibility index (Phi) is 8.19. The Morgan fingerprint density at radius 2 is 1.27 bits per heavy atom. The van der Waals surface area contributed by atoms with Gasteiger partial charge in [0.1, 0.15) is 0 Å². The topological polar surface area (TPSA) is 0 Å². The summed E-state index contributed by atoms with van der Waals surface area (Å²) in [4.78, 5) is 0. The van der Waals surface area contributed by atoms with Crippen molar-refractivity contribution in [2.75, 3.05) is 0 Å². The average molecular weight is 212 g/mol. The van der Waals surface area contributed by atoms with Crippen LogP contribution >= 0.6 is 0 Å². The van der Waals surface area contributed by atoms with Crippen LogP contribution in [0.3, 0.4) is 0 Å². The highest BCUT2D eigenvalue weighted by Crippen LogP contribution is 2.34. The lowest BCUT2D eigenvalue weighted by molar-refractivity contribution is 0.170. The third-order valence-electron chi connectivity index (χ3n) is 4.31. The highest BCUT2D eigenvalue weighted by Gasteiger charge is 2.25. The lowest BCUT2D eigenvalue weighted by Gasteiger charge is -2.33. The molecule has 0 bridgehead atoms. The van der Waals surface area contributed by atoms with Crippen LogP contribution in [-0.4, -0.2) is 0 Å². The molecule has 0 aromatic heterocycles. The van der Waals surface area contributed by atoms with Crippen molar-refractivity contribution in [1.29, 1.82) is 0 Å². The minimum atomic E-state index is 0.890. The van der Waals surface area contributed by atoms with Crippen LogP contribution < -0.4 is 0 Å². The van der Waals surface area contributed by atoms with Crippen LogP contribution in [0.4, 0.5) is 0 Å². The molecule has 0 spiro atoms. The second-order valence-corrected chi connectivity index (χ2v) is 5.46. The molecule has 15 heavy (non-hydrogen) atoms. The molecule has 0 saturated heterocycles. The van der Waals surface area contributed by atoms with Gasteiger partial charge < -0.3 is 0 Å². The molecule has 0 heteroatoms. The maximum Gasteiger partial charge on any atom is -0.0360 e. The van der Waals surface area contributed by atoms with Gasteiger partial charge in [0, 0.05) is 0 Å². The van der Waals surface area contributed by atoms with Crippen molar-refractivity contribution in [3.05, 3.63) is 0 Å². The second-order valence-electron chi connectivity index (χ2n) is 5.46. The van der Waals surface area contributed by atoms with Gasteiger partial charge in [-0.2, -0.15) is 0 Å². The van der Waals surface area contributed by atoms with Crippen molar-refractivity contribution in [3.8, 4) is 0 Å². The fraction of sp³-hybridized carbons (Fsp3) is 1.00. The van der Waals surface area contributed by atoms with Gasteiger partial charge in [-0.05, 0) is 23.7 Å². The minimum absolute atomic E-state index is 0.890. The molecular formula is C15H32. The zero-order valence-electron chi connectivity index (χ0n) is 11.8. The van der Waals surface area contributed by atoms with E-state index in [9.17, 15) is 0 Å². The first-order valence-corrected chi connectivity index (χ1v) is 7.08. The van der Waals surface area contributed by atoms with E-state index in [0.29, 0.717) is 0 Å². The highest BCUT2D eigenvalue weighted by molar-refractivity contribution is 4.75. The molecule has 0 heterocycles. The van der Waals surface area contributed by atoms with E-state index < -0.39 is 0 Å². The van der Waals surface area contributed by atoms with Crippen molar-refractivity contribution in [2.45, 2.75) is 73.6 Å². The summed E-state index contributed by atoms with van der Waals surface area (Å²) in [6.45, 7) is 14.3. The van der Waals surface area contributed by atoms with Crippen LogP contribution in [0.1, 0.15) is 73.6 Å². The quantitative estimate of drug-likeness (QED) is 0.497. The van der Waals surface area contributed by atoms with Gasteiger partial charge in [-0.15, -0.1) is 0 Å². The largest absolute Gasteiger partial charge is 0.0654 e. The molecule has 0 nitrogen and oxygen atoms in total. The molecule has 0 aliphatic heterocycles. The zero-order chi connectivity index (χ0) is 11.8. The molecule has 4 unspecified atom stereocenters. The first kappa shape index (κ1) is 15.0. The highest BCUT2D eigenvalue weighted by atomic mass is 14.3. The molecule has 0 radical (unpaired) electrons. The Labute approximate surface area is 97.8 Å². The summed E-state index contributed by atoms with van der Waals surface area (Å²) in [7, 11) is 0. The van der Waals surface area contributed by atoms with E-state index >= 15 is 0 Å². The van der Waals surface area contributed by atoms with Gasteiger partial charge in [0.2, 0.25) is 0 Å². The fourth-order valence-corrected chi connectivity index (χ4v) is 2.86. The van der Waals surface area contributed by atoms with E-state index in [-0.39, 0.29) is 0 Å². The Balaban J connectivity index is 4.34. The van der Waals surface area contributed by atoms with Crippen LogP contribution in [0.25, 0.3) is 0 Å². The zero-order valence-corrected chi connectivity index (χ0v) is 11.8. The SMILES string of the molecule is CCCC(C)C(CCC)C(C)C(C)CC. The van der Waals surface area contributed by atoms with E-state index in [2.05, 4.69) is 41.5 Å². The molecule has 0 rings (SSSR count). The van der Waals surface area contributed by atoms with Gasteiger partial charge in [0.15, 0.2) is 0 Å². The first-order valence-electron chi connectivity index (χ1n) is 7.08. The number of hydrogen-bond donors (Lipinski definition) is 0.